The van der Waals surface area contributed by atoms with E-state index in [1.165, 1.54) is 19.4 Å². The Kier molecular flexibility index (Phi) is 8.86. The number of hydrogen-bond donors (Lipinski definition) is 1. The van der Waals surface area contributed by atoms with Gasteiger partial charge in [0.25, 0.3) is 0 Å². The summed E-state index contributed by atoms with van der Waals surface area (Å²) in [5, 5.41) is 0. The molecule has 1 aliphatic rings. The lowest BCUT2D eigenvalue weighted by molar-refractivity contribution is -0.133. The molecule has 4 heteroatoms. The van der Waals surface area contributed by atoms with Crippen LogP contribution in [0.4, 0.5) is 0 Å². The average molecular weight is 283 g/mol. The highest BCUT2D eigenvalue weighted by Gasteiger charge is 2.20. The van der Waals surface area contributed by atoms with Crippen LogP contribution in [0.25, 0.3) is 0 Å². The number of nitrogens with zero attached hydrogens (tertiary/aromatic N) is 2. The van der Waals surface area contributed by atoms with E-state index in [2.05, 4.69) is 18.7 Å². The Morgan fingerprint density at radius 1 is 1.05 bits per heavy atom. The lowest BCUT2D eigenvalue weighted by atomic mass is 10.1. The minimum absolute atomic E-state index is 0.337. The van der Waals surface area contributed by atoms with Gasteiger partial charge < -0.3 is 10.6 Å². The molecule has 20 heavy (non-hydrogen) atoms. The van der Waals surface area contributed by atoms with Crippen molar-refractivity contribution in [3.63, 3.8) is 0 Å². The maximum absolute atomic E-state index is 12.0. The highest BCUT2D eigenvalue weighted by molar-refractivity contribution is 5.76. The fraction of sp³-hybridized carbons (Fsp3) is 0.938. The van der Waals surface area contributed by atoms with Crippen LogP contribution in [-0.2, 0) is 4.79 Å². The van der Waals surface area contributed by atoms with Crippen LogP contribution in [-0.4, -0.2) is 55.0 Å². The molecule has 0 unspecified atom stereocenters. The molecule has 1 saturated heterocycles. The molecule has 0 aliphatic carbocycles. The Hall–Kier alpha value is -0.610. The summed E-state index contributed by atoms with van der Waals surface area (Å²) in [5.74, 6) is 1.13. The summed E-state index contributed by atoms with van der Waals surface area (Å²) in [5.41, 5.74) is 5.46. The number of rotatable bonds is 9. The summed E-state index contributed by atoms with van der Waals surface area (Å²) in [4.78, 5) is 16.6. The van der Waals surface area contributed by atoms with Gasteiger partial charge in [-0.25, -0.2) is 0 Å². The summed E-state index contributed by atoms with van der Waals surface area (Å²) >= 11 is 0. The Morgan fingerprint density at radius 2 is 1.75 bits per heavy atom. The first-order valence-electron chi connectivity index (χ1n) is 8.33. The van der Waals surface area contributed by atoms with Crippen molar-refractivity contribution in [1.29, 1.82) is 0 Å². The van der Waals surface area contributed by atoms with E-state index in [0.717, 1.165) is 57.9 Å². The van der Waals surface area contributed by atoms with E-state index < -0.39 is 0 Å². The molecule has 1 amide bonds. The summed E-state index contributed by atoms with van der Waals surface area (Å²) in [6.07, 6.45) is 6.40. The lowest BCUT2D eigenvalue weighted by Crippen LogP contribution is -2.48. The van der Waals surface area contributed by atoms with Crippen LogP contribution in [0, 0.1) is 5.92 Å². The third-order valence-corrected chi connectivity index (χ3v) is 4.08. The van der Waals surface area contributed by atoms with Crippen LogP contribution in [0.3, 0.4) is 0 Å². The van der Waals surface area contributed by atoms with Gasteiger partial charge in [0, 0.05) is 32.6 Å². The number of unbranched alkanes of at least 4 members (excludes halogenated alkanes) is 2. The normalized spacial score (nSPS) is 16.9. The van der Waals surface area contributed by atoms with Crippen molar-refractivity contribution in [2.75, 3.05) is 39.3 Å². The van der Waals surface area contributed by atoms with E-state index in [-0.39, 0.29) is 0 Å². The summed E-state index contributed by atoms with van der Waals surface area (Å²) < 4.78 is 0. The lowest BCUT2D eigenvalue weighted by Gasteiger charge is -2.35. The SMILES string of the molecule is CC(C)CCCN1CCN(C(=O)CCCCCN)CC1. The molecule has 1 aliphatic heterocycles. The minimum Gasteiger partial charge on any atom is -0.340 e. The molecule has 4 nitrogen and oxygen atoms in total. The number of piperazine rings is 1. The fourth-order valence-corrected chi connectivity index (χ4v) is 2.70. The quantitative estimate of drug-likeness (QED) is 0.659. The number of amides is 1. The van der Waals surface area contributed by atoms with E-state index in [4.69, 9.17) is 5.73 Å². The van der Waals surface area contributed by atoms with E-state index in [1.54, 1.807) is 0 Å². The molecule has 0 bridgehead atoms. The third-order valence-electron chi connectivity index (χ3n) is 4.08. The van der Waals surface area contributed by atoms with Gasteiger partial charge in [-0.2, -0.15) is 0 Å². The Balaban J connectivity index is 2.10. The van der Waals surface area contributed by atoms with Crippen LogP contribution in [0.1, 0.15) is 52.4 Å². The average Bonchev–Trinajstić information content (AvgIpc) is 2.44. The maximum Gasteiger partial charge on any atom is 0.222 e. The largest absolute Gasteiger partial charge is 0.340 e. The van der Waals surface area contributed by atoms with E-state index in [9.17, 15) is 4.79 Å². The van der Waals surface area contributed by atoms with Crippen molar-refractivity contribution in [3.05, 3.63) is 0 Å². The van der Waals surface area contributed by atoms with Crippen molar-refractivity contribution in [1.82, 2.24) is 9.80 Å². The first-order chi connectivity index (χ1) is 9.63. The van der Waals surface area contributed by atoms with Crippen LogP contribution >= 0.6 is 0 Å². The Bertz CT molecular complexity index is 260. The minimum atomic E-state index is 0.337. The molecule has 0 atom stereocenters. The molecule has 0 radical (unpaired) electrons. The highest BCUT2D eigenvalue weighted by atomic mass is 16.2. The molecule has 1 fully saturated rings. The van der Waals surface area contributed by atoms with E-state index in [0.29, 0.717) is 12.3 Å². The molecule has 0 spiro atoms. The van der Waals surface area contributed by atoms with Gasteiger partial charge in [0.1, 0.15) is 0 Å². The van der Waals surface area contributed by atoms with Crippen molar-refractivity contribution in [2.45, 2.75) is 52.4 Å². The van der Waals surface area contributed by atoms with Gasteiger partial charge in [0.15, 0.2) is 0 Å². The molecule has 1 heterocycles. The second-order valence-corrected chi connectivity index (χ2v) is 6.36. The van der Waals surface area contributed by atoms with Gasteiger partial charge in [-0.1, -0.05) is 20.3 Å². The Labute approximate surface area is 124 Å². The molecule has 2 N–H and O–H groups in total. The van der Waals surface area contributed by atoms with Crippen LogP contribution in [0.15, 0.2) is 0 Å². The molecule has 0 aromatic carbocycles. The first kappa shape index (κ1) is 17.4. The molecule has 0 aromatic heterocycles. The van der Waals surface area contributed by atoms with Gasteiger partial charge in [-0.15, -0.1) is 0 Å². The number of hydrogen-bond acceptors (Lipinski definition) is 3. The standard InChI is InChI=1S/C16H33N3O/c1-15(2)7-6-10-18-11-13-19(14-12-18)16(20)8-4-3-5-9-17/h15H,3-14,17H2,1-2H3. The zero-order valence-electron chi connectivity index (χ0n) is 13.4. The monoisotopic (exact) mass is 283 g/mol. The fourth-order valence-electron chi connectivity index (χ4n) is 2.70. The van der Waals surface area contributed by atoms with Crippen molar-refractivity contribution in [2.24, 2.45) is 11.7 Å². The number of nitrogens with two attached hydrogens (primary N) is 1. The van der Waals surface area contributed by atoms with Crippen molar-refractivity contribution >= 4 is 5.91 Å². The zero-order chi connectivity index (χ0) is 14.8. The molecule has 1 rings (SSSR count). The van der Waals surface area contributed by atoms with Crippen molar-refractivity contribution < 1.29 is 4.79 Å². The first-order valence-corrected chi connectivity index (χ1v) is 8.33. The number of carbonyl (C=O) groups is 1. The van der Waals surface area contributed by atoms with Crippen LogP contribution in [0.2, 0.25) is 0 Å². The van der Waals surface area contributed by atoms with Gasteiger partial charge in [-0.05, 0) is 44.7 Å². The smallest absolute Gasteiger partial charge is 0.222 e. The van der Waals surface area contributed by atoms with Crippen LogP contribution < -0.4 is 5.73 Å². The summed E-state index contributed by atoms with van der Waals surface area (Å²) in [7, 11) is 0. The predicted molar refractivity (Wildman–Crippen MR) is 84.6 cm³/mol. The van der Waals surface area contributed by atoms with Crippen molar-refractivity contribution in [3.8, 4) is 0 Å². The van der Waals surface area contributed by atoms with E-state index in [1.807, 2.05) is 4.90 Å². The van der Waals surface area contributed by atoms with Crippen LogP contribution in [0.5, 0.6) is 0 Å². The zero-order valence-corrected chi connectivity index (χ0v) is 13.4. The van der Waals surface area contributed by atoms with Gasteiger partial charge in [0.05, 0.1) is 0 Å². The van der Waals surface area contributed by atoms with Gasteiger partial charge in [0.2, 0.25) is 5.91 Å². The van der Waals surface area contributed by atoms with Gasteiger partial charge >= 0.3 is 0 Å². The number of carbonyl (C=O) groups excluding carboxylic acids is 1. The molecule has 118 valence electrons. The second kappa shape index (κ2) is 10.2. The Morgan fingerprint density at radius 3 is 2.35 bits per heavy atom. The molecular weight excluding hydrogens is 250 g/mol. The van der Waals surface area contributed by atoms with Gasteiger partial charge in [-0.3, -0.25) is 9.69 Å². The summed E-state index contributed by atoms with van der Waals surface area (Å²) in [6.45, 7) is 10.4. The highest BCUT2D eigenvalue weighted by Crippen LogP contribution is 2.09. The molecule has 0 saturated carbocycles. The topological polar surface area (TPSA) is 49.6 Å². The molecular formula is C16H33N3O. The van der Waals surface area contributed by atoms with E-state index >= 15 is 0 Å². The maximum atomic E-state index is 12.0. The third kappa shape index (κ3) is 7.25. The predicted octanol–water partition coefficient (Wildman–Crippen LogP) is 2.09. The molecule has 0 aromatic rings. The summed E-state index contributed by atoms with van der Waals surface area (Å²) in [6, 6.07) is 0. The second-order valence-electron chi connectivity index (χ2n) is 6.36.